The summed E-state index contributed by atoms with van der Waals surface area (Å²) in [5, 5.41) is 3.70. The fraction of sp³-hybridized carbons (Fsp3) is 0.370. The van der Waals surface area contributed by atoms with Crippen LogP contribution in [0.15, 0.2) is 75.8 Å². The van der Waals surface area contributed by atoms with E-state index in [4.69, 9.17) is 16.3 Å². The van der Waals surface area contributed by atoms with Gasteiger partial charge in [0.2, 0.25) is 17.8 Å². The molecule has 1 fully saturated rings. The van der Waals surface area contributed by atoms with E-state index >= 15 is 0 Å². The first kappa shape index (κ1) is 24.0. The van der Waals surface area contributed by atoms with Crippen molar-refractivity contribution in [2.75, 3.05) is 6.54 Å². The lowest BCUT2D eigenvalue weighted by atomic mass is 9.91. The lowest BCUT2D eigenvalue weighted by Gasteiger charge is -2.34. The number of carbonyl (C=O) groups excluding carboxylic acids is 2. The van der Waals surface area contributed by atoms with E-state index < -0.39 is 5.92 Å². The van der Waals surface area contributed by atoms with E-state index in [1.54, 1.807) is 4.90 Å². The van der Waals surface area contributed by atoms with E-state index in [0.29, 0.717) is 18.7 Å². The van der Waals surface area contributed by atoms with E-state index in [0.717, 1.165) is 47.6 Å². The number of halogens is 1. The van der Waals surface area contributed by atoms with Crippen molar-refractivity contribution >= 4 is 35.1 Å². The maximum Gasteiger partial charge on any atom is 0.242 e. The number of hydrogen-bond acceptors (Lipinski definition) is 4. The minimum absolute atomic E-state index is 0.0703. The molecule has 4 rings (SSSR count). The SMILES string of the molecule is CC(C)Oc1ccc(N=C2NC(=O)C(CC3=CC=CCC3)C(=O)N2CC2=CC=C(Cl)CC2)cc1. The number of ether oxygens (including phenoxy) is 1. The zero-order valence-corrected chi connectivity index (χ0v) is 20.3. The van der Waals surface area contributed by atoms with Crippen molar-refractivity contribution < 1.29 is 14.3 Å². The second-order valence-electron chi connectivity index (χ2n) is 9.00. The summed E-state index contributed by atoms with van der Waals surface area (Å²) in [5.41, 5.74) is 2.81. The minimum Gasteiger partial charge on any atom is -0.491 e. The molecule has 0 bridgehead atoms. The second kappa shape index (κ2) is 10.9. The minimum atomic E-state index is -0.762. The van der Waals surface area contributed by atoms with Crippen LogP contribution in [0.4, 0.5) is 5.69 Å². The fourth-order valence-electron chi connectivity index (χ4n) is 4.16. The molecule has 2 aliphatic carbocycles. The van der Waals surface area contributed by atoms with Gasteiger partial charge in [0.25, 0.3) is 0 Å². The van der Waals surface area contributed by atoms with Gasteiger partial charge in [-0.25, -0.2) is 4.99 Å². The molecule has 0 radical (unpaired) electrons. The van der Waals surface area contributed by atoms with E-state index in [1.165, 1.54) is 0 Å². The molecule has 1 aromatic carbocycles. The summed E-state index contributed by atoms with van der Waals surface area (Å²) in [4.78, 5) is 32.8. The number of guanidine groups is 1. The van der Waals surface area contributed by atoms with Crippen LogP contribution in [0.25, 0.3) is 0 Å². The quantitative estimate of drug-likeness (QED) is 0.521. The van der Waals surface area contributed by atoms with Crippen molar-refractivity contribution in [3.8, 4) is 5.75 Å². The van der Waals surface area contributed by atoms with Gasteiger partial charge >= 0.3 is 0 Å². The molecule has 1 N–H and O–H groups in total. The van der Waals surface area contributed by atoms with Crippen LogP contribution < -0.4 is 10.1 Å². The van der Waals surface area contributed by atoms with E-state index in [-0.39, 0.29) is 23.9 Å². The topological polar surface area (TPSA) is 71.0 Å². The number of nitrogens with one attached hydrogen (secondary N) is 1. The first-order valence-electron chi connectivity index (χ1n) is 11.8. The normalized spacial score (nSPS) is 21.9. The largest absolute Gasteiger partial charge is 0.491 e. The summed E-state index contributed by atoms with van der Waals surface area (Å²) in [5.74, 6) is -0.301. The van der Waals surface area contributed by atoms with E-state index in [2.05, 4.69) is 16.4 Å². The molecule has 0 spiro atoms. The molecule has 0 saturated carbocycles. The van der Waals surface area contributed by atoms with Crippen molar-refractivity contribution in [2.45, 2.75) is 52.1 Å². The van der Waals surface area contributed by atoms with Crippen LogP contribution in [-0.2, 0) is 9.59 Å². The van der Waals surface area contributed by atoms with Gasteiger partial charge in [-0.1, -0.05) is 41.5 Å². The molecular weight excluding hydrogens is 450 g/mol. The number of hydrogen-bond donors (Lipinski definition) is 1. The van der Waals surface area contributed by atoms with Crippen molar-refractivity contribution in [3.63, 3.8) is 0 Å². The second-order valence-corrected chi connectivity index (χ2v) is 9.48. The van der Waals surface area contributed by atoms with Gasteiger partial charge in [0.15, 0.2) is 0 Å². The molecule has 1 saturated heterocycles. The molecule has 1 atom stereocenters. The zero-order valence-electron chi connectivity index (χ0n) is 19.6. The fourth-order valence-corrected chi connectivity index (χ4v) is 4.32. The first-order valence-corrected chi connectivity index (χ1v) is 12.1. The Kier molecular flexibility index (Phi) is 7.68. The third-order valence-corrected chi connectivity index (χ3v) is 6.24. The molecule has 7 heteroatoms. The first-order chi connectivity index (χ1) is 16.4. The molecule has 0 aromatic heterocycles. The van der Waals surface area contributed by atoms with Gasteiger partial charge in [-0.15, -0.1) is 0 Å². The molecule has 6 nitrogen and oxygen atoms in total. The summed E-state index contributed by atoms with van der Waals surface area (Å²) in [6.07, 6.45) is 13.7. The van der Waals surface area contributed by atoms with Gasteiger partial charge in [-0.05, 0) is 81.9 Å². The van der Waals surface area contributed by atoms with Gasteiger partial charge in [-0.3, -0.25) is 19.8 Å². The smallest absolute Gasteiger partial charge is 0.242 e. The number of rotatable bonds is 7. The Balaban J connectivity index is 1.60. The zero-order chi connectivity index (χ0) is 24.1. The summed E-state index contributed by atoms with van der Waals surface area (Å²) in [7, 11) is 0. The molecule has 178 valence electrons. The molecule has 3 aliphatic rings. The molecule has 1 aromatic rings. The highest BCUT2D eigenvalue weighted by atomic mass is 35.5. The Labute approximate surface area is 205 Å². The molecule has 1 aliphatic heterocycles. The third kappa shape index (κ3) is 6.06. The van der Waals surface area contributed by atoms with Crippen LogP contribution >= 0.6 is 11.6 Å². The highest BCUT2D eigenvalue weighted by molar-refractivity contribution is 6.29. The number of amides is 2. The predicted octanol–water partition coefficient (Wildman–Crippen LogP) is 5.55. The number of aliphatic imine (C=N–C) groups is 1. The Morgan fingerprint density at radius 3 is 2.53 bits per heavy atom. The van der Waals surface area contributed by atoms with E-state index in [1.807, 2.05) is 62.4 Å². The van der Waals surface area contributed by atoms with Crippen LogP contribution in [0.5, 0.6) is 5.75 Å². The van der Waals surface area contributed by atoms with Crippen LogP contribution in [0.1, 0.15) is 46.0 Å². The number of allylic oxidation sites excluding steroid dienone is 7. The van der Waals surface area contributed by atoms with E-state index in [9.17, 15) is 9.59 Å². The van der Waals surface area contributed by atoms with Crippen molar-refractivity contribution in [1.29, 1.82) is 0 Å². The van der Waals surface area contributed by atoms with Crippen molar-refractivity contribution in [2.24, 2.45) is 10.9 Å². The standard InChI is InChI=1S/C27H30ClN3O3/c1-18(2)34-23-14-12-22(13-15-23)29-27-30-25(32)24(16-19-6-4-3-5-7-19)26(33)31(27)17-20-8-10-21(28)11-9-20/h3-4,6,8,10,12-15,18,24H,5,7,9,11,16-17H2,1-2H3,(H,29,30,32). The van der Waals surface area contributed by atoms with Crippen molar-refractivity contribution in [3.05, 3.63) is 70.8 Å². The van der Waals surface area contributed by atoms with Gasteiger partial charge in [0.1, 0.15) is 11.7 Å². The highest BCUT2D eigenvalue weighted by Crippen LogP contribution is 2.28. The van der Waals surface area contributed by atoms with Crippen LogP contribution in [0, 0.1) is 5.92 Å². The highest BCUT2D eigenvalue weighted by Gasteiger charge is 2.39. The summed E-state index contributed by atoms with van der Waals surface area (Å²) < 4.78 is 5.69. The van der Waals surface area contributed by atoms with Crippen molar-refractivity contribution in [1.82, 2.24) is 10.2 Å². The molecule has 1 heterocycles. The number of nitrogens with zero attached hydrogens (tertiary/aromatic N) is 2. The molecule has 34 heavy (non-hydrogen) atoms. The average molecular weight is 480 g/mol. The van der Waals surface area contributed by atoms with Crippen LogP contribution in [0.2, 0.25) is 0 Å². The maximum absolute atomic E-state index is 13.6. The third-order valence-electron chi connectivity index (χ3n) is 5.93. The lowest BCUT2D eigenvalue weighted by molar-refractivity contribution is -0.141. The Bertz CT molecular complexity index is 1100. The van der Waals surface area contributed by atoms with Gasteiger partial charge in [-0.2, -0.15) is 0 Å². The number of benzene rings is 1. The lowest BCUT2D eigenvalue weighted by Crippen LogP contribution is -2.59. The maximum atomic E-state index is 13.6. The number of carbonyl (C=O) groups is 2. The molecular formula is C27H30ClN3O3. The summed E-state index contributed by atoms with van der Waals surface area (Å²) in [6.45, 7) is 4.30. The van der Waals surface area contributed by atoms with Gasteiger partial charge < -0.3 is 4.74 Å². The Morgan fingerprint density at radius 1 is 1.09 bits per heavy atom. The average Bonchev–Trinajstić information content (AvgIpc) is 2.82. The monoisotopic (exact) mass is 479 g/mol. The molecule has 2 amide bonds. The van der Waals surface area contributed by atoms with Gasteiger partial charge in [0, 0.05) is 5.03 Å². The van der Waals surface area contributed by atoms with Gasteiger partial charge in [0.05, 0.1) is 18.3 Å². The summed E-state index contributed by atoms with van der Waals surface area (Å²) in [6, 6.07) is 7.29. The predicted molar refractivity (Wildman–Crippen MR) is 135 cm³/mol. The molecule has 1 unspecified atom stereocenters. The summed E-state index contributed by atoms with van der Waals surface area (Å²) >= 11 is 6.12. The van der Waals surface area contributed by atoms with Crippen LogP contribution in [-0.4, -0.2) is 35.3 Å². The Hall–Kier alpha value is -3.12. The Morgan fingerprint density at radius 2 is 1.88 bits per heavy atom. The van der Waals surface area contributed by atoms with Crippen LogP contribution in [0.3, 0.4) is 0 Å².